The van der Waals surface area contributed by atoms with Gasteiger partial charge in [-0.3, -0.25) is 4.79 Å². The zero-order valence-electron chi connectivity index (χ0n) is 9.13. The van der Waals surface area contributed by atoms with Gasteiger partial charge < -0.3 is 4.90 Å². The predicted molar refractivity (Wildman–Crippen MR) is 79.7 cm³/mol. The Hall–Kier alpha value is 0.130. The quantitative estimate of drug-likeness (QED) is 0.662. The largest absolute Gasteiger partial charge is 0.335 e. The van der Waals surface area contributed by atoms with Crippen molar-refractivity contribution < 1.29 is 4.79 Å². The SMILES string of the molecule is O=C(c1cc(Br)cc(Br)c1)N(CCBr)C1CC1. The second kappa shape index (κ2) is 5.85. The lowest BCUT2D eigenvalue weighted by Gasteiger charge is -2.21. The highest BCUT2D eigenvalue weighted by molar-refractivity contribution is 9.11. The van der Waals surface area contributed by atoms with E-state index in [1.165, 1.54) is 0 Å². The van der Waals surface area contributed by atoms with Gasteiger partial charge in [-0.15, -0.1) is 0 Å². The number of alkyl halides is 1. The molecule has 92 valence electrons. The molecule has 2 nitrogen and oxygen atoms in total. The van der Waals surface area contributed by atoms with Gasteiger partial charge in [0, 0.05) is 32.4 Å². The van der Waals surface area contributed by atoms with Gasteiger partial charge in [-0.2, -0.15) is 0 Å². The third-order valence-corrected chi connectivity index (χ3v) is 3.95. The maximum absolute atomic E-state index is 12.4. The zero-order chi connectivity index (χ0) is 12.4. The summed E-state index contributed by atoms with van der Waals surface area (Å²) in [5, 5.41) is 0.824. The summed E-state index contributed by atoms with van der Waals surface area (Å²) >= 11 is 10.2. The van der Waals surface area contributed by atoms with E-state index in [2.05, 4.69) is 47.8 Å². The van der Waals surface area contributed by atoms with E-state index >= 15 is 0 Å². The summed E-state index contributed by atoms with van der Waals surface area (Å²) in [7, 11) is 0. The Kier molecular flexibility index (Phi) is 4.66. The predicted octanol–water partition coefficient (Wildman–Crippen LogP) is 4.21. The number of halogens is 3. The van der Waals surface area contributed by atoms with Crippen molar-refractivity contribution in [3.8, 4) is 0 Å². The molecule has 0 atom stereocenters. The smallest absolute Gasteiger partial charge is 0.254 e. The lowest BCUT2D eigenvalue weighted by atomic mass is 10.2. The van der Waals surface area contributed by atoms with Gasteiger partial charge in [-0.25, -0.2) is 0 Å². The number of nitrogens with zero attached hydrogens (tertiary/aromatic N) is 1. The van der Waals surface area contributed by atoms with Crippen LogP contribution in [0, 0.1) is 0 Å². The summed E-state index contributed by atoms with van der Waals surface area (Å²) in [6.07, 6.45) is 2.27. The van der Waals surface area contributed by atoms with Crippen LogP contribution in [-0.4, -0.2) is 28.7 Å². The fourth-order valence-electron chi connectivity index (χ4n) is 1.77. The van der Waals surface area contributed by atoms with Crippen LogP contribution in [-0.2, 0) is 0 Å². The van der Waals surface area contributed by atoms with Gasteiger partial charge in [-0.05, 0) is 31.0 Å². The molecule has 0 unspecified atom stereocenters. The molecule has 0 radical (unpaired) electrons. The molecule has 0 aromatic heterocycles. The second-order valence-corrected chi connectivity index (χ2v) is 6.70. The van der Waals surface area contributed by atoms with Crippen LogP contribution in [0.1, 0.15) is 23.2 Å². The lowest BCUT2D eigenvalue weighted by molar-refractivity contribution is 0.0754. The minimum absolute atomic E-state index is 0.119. The molecule has 1 aromatic carbocycles. The molecule has 1 aliphatic carbocycles. The first kappa shape index (κ1) is 13.6. The monoisotopic (exact) mass is 423 g/mol. The molecule has 1 fully saturated rings. The highest BCUT2D eigenvalue weighted by atomic mass is 79.9. The first-order valence-corrected chi connectivity index (χ1v) is 8.15. The van der Waals surface area contributed by atoms with E-state index in [4.69, 9.17) is 0 Å². The molecule has 0 aliphatic heterocycles. The molecule has 0 spiro atoms. The third-order valence-electron chi connectivity index (χ3n) is 2.68. The number of carbonyl (C=O) groups excluding carboxylic acids is 1. The summed E-state index contributed by atoms with van der Waals surface area (Å²) < 4.78 is 1.84. The van der Waals surface area contributed by atoms with E-state index in [9.17, 15) is 4.79 Å². The number of benzene rings is 1. The van der Waals surface area contributed by atoms with Crippen LogP contribution in [0.15, 0.2) is 27.1 Å². The van der Waals surface area contributed by atoms with Crippen LogP contribution in [0.2, 0.25) is 0 Å². The summed E-state index contributed by atoms with van der Waals surface area (Å²) in [4.78, 5) is 14.3. The molecule has 0 bridgehead atoms. The van der Waals surface area contributed by atoms with Crippen molar-refractivity contribution in [1.29, 1.82) is 0 Å². The highest BCUT2D eigenvalue weighted by Gasteiger charge is 2.32. The molecule has 1 aromatic rings. The van der Waals surface area contributed by atoms with Crippen molar-refractivity contribution in [2.75, 3.05) is 11.9 Å². The van der Waals surface area contributed by atoms with Crippen molar-refractivity contribution >= 4 is 53.7 Å². The molecule has 0 heterocycles. The summed E-state index contributed by atoms with van der Waals surface area (Å²) in [5.41, 5.74) is 0.735. The van der Waals surface area contributed by atoms with Crippen molar-refractivity contribution in [3.63, 3.8) is 0 Å². The average Bonchev–Trinajstić information content (AvgIpc) is 3.07. The van der Waals surface area contributed by atoms with Gasteiger partial charge in [0.25, 0.3) is 5.91 Å². The minimum Gasteiger partial charge on any atom is -0.335 e. The van der Waals surface area contributed by atoms with Crippen LogP contribution in [0.25, 0.3) is 0 Å². The van der Waals surface area contributed by atoms with E-state index in [1.807, 2.05) is 23.1 Å². The first-order chi connectivity index (χ1) is 8.11. The number of rotatable bonds is 4. The standard InChI is InChI=1S/C12H12Br3NO/c13-3-4-16(11-1-2-11)12(17)8-5-9(14)7-10(15)6-8/h5-7,11H,1-4H2. The van der Waals surface area contributed by atoms with E-state index in [1.54, 1.807) is 0 Å². The molecular formula is C12H12Br3NO. The Bertz CT molecular complexity index is 412. The maximum atomic E-state index is 12.4. The van der Waals surface area contributed by atoms with Gasteiger partial charge in [0.1, 0.15) is 0 Å². The van der Waals surface area contributed by atoms with E-state index in [0.717, 1.165) is 39.2 Å². The summed E-state index contributed by atoms with van der Waals surface area (Å²) in [5.74, 6) is 0.119. The molecule has 1 saturated carbocycles. The number of amides is 1. The number of hydrogen-bond donors (Lipinski definition) is 0. The number of hydrogen-bond acceptors (Lipinski definition) is 1. The van der Waals surface area contributed by atoms with Gasteiger partial charge in [-0.1, -0.05) is 47.8 Å². The van der Waals surface area contributed by atoms with Crippen molar-refractivity contribution in [1.82, 2.24) is 4.90 Å². The van der Waals surface area contributed by atoms with Crippen molar-refractivity contribution in [2.24, 2.45) is 0 Å². The van der Waals surface area contributed by atoms with E-state index in [-0.39, 0.29) is 5.91 Å². The molecule has 1 aliphatic rings. The summed E-state index contributed by atoms with van der Waals surface area (Å²) in [6.45, 7) is 0.771. The fourth-order valence-corrected chi connectivity index (χ4v) is 3.45. The second-order valence-electron chi connectivity index (χ2n) is 4.08. The van der Waals surface area contributed by atoms with Gasteiger partial charge in [0.15, 0.2) is 0 Å². The Morgan fingerprint density at radius 2 is 1.82 bits per heavy atom. The molecule has 2 rings (SSSR count). The Morgan fingerprint density at radius 1 is 1.24 bits per heavy atom. The van der Waals surface area contributed by atoms with Crippen LogP contribution in [0.3, 0.4) is 0 Å². The highest BCUT2D eigenvalue weighted by Crippen LogP contribution is 2.29. The molecule has 0 N–H and O–H groups in total. The topological polar surface area (TPSA) is 20.3 Å². The van der Waals surface area contributed by atoms with E-state index in [0.29, 0.717) is 6.04 Å². The minimum atomic E-state index is 0.119. The summed E-state index contributed by atoms with van der Waals surface area (Å²) in [6, 6.07) is 6.12. The lowest BCUT2D eigenvalue weighted by Crippen LogP contribution is -2.34. The Balaban J connectivity index is 2.21. The van der Waals surface area contributed by atoms with Crippen LogP contribution in [0.5, 0.6) is 0 Å². The van der Waals surface area contributed by atoms with Crippen molar-refractivity contribution in [3.05, 3.63) is 32.7 Å². The molecule has 17 heavy (non-hydrogen) atoms. The zero-order valence-corrected chi connectivity index (χ0v) is 13.9. The average molecular weight is 426 g/mol. The van der Waals surface area contributed by atoms with Gasteiger partial charge in [0.05, 0.1) is 0 Å². The normalized spacial score (nSPS) is 14.8. The Morgan fingerprint density at radius 3 is 2.29 bits per heavy atom. The van der Waals surface area contributed by atoms with E-state index < -0.39 is 0 Å². The van der Waals surface area contributed by atoms with Gasteiger partial charge >= 0.3 is 0 Å². The maximum Gasteiger partial charge on any atom is 0.254 e. The van der Waals surface area contributed by atoms with Crippen molar-refractivity contribution in [2.45, 2.75) is 18.9 Å². The van der Waals surface area contributed by atoms with Crippen LogP contribution in [0.4, 0.5) is 0 Å². The van der Waals surface area contributed by atoms with Crippen LogP contribution < -0.4 is 0 Å². The van der Waals surface area contributed by atoms with Gasteiger partial charge in [0.2, 0.25) is 0 Å². The Labute approximate surface area is 126 Å². The molecule has 5 heteroatoms. The molecule has 0 saturated heterocycles. The number of carbonyl (C=O) groups is 1. The third kappa shape index (κ3) is 3.55. The molecular weight excluding hydrogens is 414 g/mol. The first-order valence-electron chi connectivity index (χ1n) is 5.45. The fraction of sp³-hybridized carbons (Fsp3) is 0.417. The molecule has 1 amide bonds. The van der Waals surface area contributed by atoms with Crippen LogP contribution >= 0.6 is 47.8 Å².